The van der Waals surface area contributed by atoms with Gasteiger partial charge in [0.1, 0.15) is 6.29 Å². The van der Waals surface area contributed by atoms with Crippen LogP contribution >= 0.6 is 0 Å². The highest BCUT2D eigenvalue weighted by atomic mass is 19.3. The molecule has 1 aromatic carbocycles. The van der Waals surface area contributed by atoms with Crippen molar-refractivity contribution in [3.63, 3.8) is 0 Å². The van der Waals surface area contributed by atoms with Crippen LogP contribution in [-0.2, 0) is 16.8 Å². The second-order valence-electron chi connectivity index (χ2n) is 9.25. The van der Waals surface area contributed by atoms with Crippen molar-refractivity contribution in [2.24, 2.45) is 0 Å². The Hall–Kier alpha value is -3.73. The summed E-state index contributed by atoms with van der Waals surface area (Å²) in [5.74, 6) is -1.05. The minimum absolute atomic E-state index is 0.0564. The molecule has 0 radical (unpaired) electrons. The van der Waals surface area contributed by atoms with E-state index >= 15 is 0 Å². The highest BCUT2D eigenvalue weighted by Gasteiger charge is 2.28. The number of benzene rings is 1. The van der Waals surface area contributed by atoms with Crippen LogP contribution < -0.4 is 10.2 Å². The molecule has 4 rings (SSSR count). The van der Waals surface area contributed by atoms with E-state index in [-0.39, 0.29) is 18.3 Å². The fourth-order valence-corrected chi connectivity index (χ4v) is 4.04. The van der Waals surface area contributed by atoms with Gasteiger partial charge < -0.3 is 24.3 Å². The zero-order chi connectivity index (χ0) is 25.9. The molecule has 11 heteroatoms. The van der Waals surface area contributed by atoms with E-state index in [9.17, 15) is 18.4 Å². The van der Waals surface area contributed by atoms with Gasteiger partial charge in [0.2, 0.25) is 5.89 Å². The average Bonchev–Trinajstić information content (AvgIpc) is 3.40. The SMILES string of the molecule is CN(Cc1ccc(-c2nnc(C(F)F)o2)cn1)C(=O)c1ccc(N2CCNCC2)cc1C(C)(C)C=O. The molecule has 3 aromatic rings. The Kier molecular flexibility index (Phi) is 7.39. The molecule has 1 N–H and O–H groups in total. The highest BCUT2D eigenvalue weighted by Crippen LogP contribution is 2.30. The summed E-state index contributed by atoms with van der Waals surface area (Å²) in [4.78, 5) is 33.4. The number of amides is 1. The first kappa shape index (κ1) is 25.4. The smallest absolute Gasteiger partial charge is 0.314 e. The van der Waals surface area contributed by atoms with Gasteiger partial charge in [-0.3, -0.25) is 9.78 Å². The minimum Gasteiger partial charge on any atom is -0.415 e. The number of hydrogen-bond donors (Lipinski definition) is 1. The van der Waals surface area contributed by atoms with E-state index in [1.165, 1.54) is 11.1 Å². The Balaban J connectivity index is 1.53. The number of aldehydes is 1. The lowest BCUT2D eigenvalue weighted by atomic mass is 9.82. The Morgan fingerprint density at radius 3 is 2.58 bits per heavy atom. The number of alkyl halides is 2. The summed E-state index contributed by atoms with van der Waals surface area (Å²) in [7, 11) is 1.66. The third kappa shape index (κ3) is 5.40. The van der Waals surface area contributed by atoms with Gasteiger partial charge in [-0.2, -0.15) is 8.78 Å². The fourth-order valence-electron chi connectivity index (χ4n) is 4.04. The predicted molar refractivity (Wildman–Crippen MR) is 129 cm³/mol. The molecule has 36 heavy (non-hydrogen) atoms. The lowest BCUT2D eigenvalue weighted by molar-refractivity contribution is -0.111. The van der Waals surface area contributed by atoms with Crippen molar-refractivity contribution < 1.29 is 22.8 Å². The van der Waals surface area contributed by atoms with Crippen molar-refractivity contribution >= 4 is 17.9 Å². The molecule has 190 valence electrons. The quantitative estimate of drug-likeness (QED) is 0.472. The molecule has 1 aliphatic heterocycles. The van der Waals surface area contributed by atoms with Crippen LogP contribution in [0.15, 0.2) is 40.9 Å². The Morgan fingerprint density at radius 2 is 1.97 bits per heavy atom. The summed E-state index contributed by atoms with van der Waals surface area (Å²) >= 11 is 0. The van der Waals surface area contributed by atoms with Gasteiger partial charge in [0.15, 0.2) is 0 Å². The molecule has 0 bridgehead atoms. The molecule has 1 amide bonds. The Bertz CT molecular complexity index is 1220. The van der Waals surface area contributed by atoms with E-state index in [0.29, 0.717) is 22.4 Å². The zero-order valence-corrected chi connectivity index (χ0v) is 20.4. The molecule has 2 aromatic heterocycles. The monoisotopic (exact) mass is 498 g/mol. The molecule has 1 aliphatic rings. The maximum Gasteiger partial charge on any atom is 0.314 e. The summed E-state index contributed by atoms with van der Waals surface area (Å²) in [6.45, 7) is 7.25. The largest absolute Gasteiger partial charge is 0.415 e. The van der Waals surface area contributed by atoms with Gasteiger partial charge in [0.25, 0.3) is 11.8 Å². The summed E-state index contributed by atoms with van der Waals surface area (Å²) in [5, 5.41) is 10.2. The minimum atomic E-state index is -2.85. The number of carbonyl (C=O) groups is 2. The average molecular weight is 499 g/mol. The first-order valence-corrected chi connectivity index (χ1v) is 11.6. The number of piperazine rings is 1. The van der Waals surface area contributed by atoms with Crippen molar-refractivity contribution in [1.82, 2.24) is 25.4 Å². The maximum atomic E-state index is 13.4. The number of nitrogens with zero attached hydrogens (tertiary/aromatic N) is 5. The predicted octanol–water partition coefficient (Wildman–Crippen LogP) is 3.23. The summed E-state index contributed by atoms with van der Waals surface area (Å²) in [6.07, 6.45) is -0.560. The van der Waals surface area contributed by atoms with Crippen LogP contribution in [0, 0.1) is 0 Å². The van der Waals surface area contributed by atoms with Gasteiger partial charge >= 0.3 is 6.43 Å². The summed E-state index contributed by atoms with van der Waals surface area (Å²) in [6, 6.07) is 8.92. The van der Waals surface area contributed by atoms with Crippen LogP contribution in [0.3, 0.4) is 0 Å². The molecule has 9 nitrogen and oxygen atoms in total. The summed E-state index contributed by atoms with van der Waals surface area (Å²) < 4.78 is 30.3. The van der Waals surface area contributed by atoms with Crippen LogP contribution in [0.1, 0.15) is 47.8 Å². The molecule has 0 atom stereocenters. The van der Waals surface area contributed by atoms with E-state index in [1.54, 1.807) is 39.1 Å². The van der Waals surface area contributed by atoms with Gasteiger partial charge in [-0.25, -0.2) is 0 Å². The van der Waals surface area contributed by atoms with Crippen molar-refractivity contribution in [2.45, 2.75) is 32.2 Å². The molecule has 0 spiro atoms. The van der Waals surface area contributed by atoms with Gasteiger partial charge in [0.05, 0.1) is 17.8 Å². The van der Waals surface area contributed by atoms with Gasteiger partial charge in [-0.05, 0) is 49.7 Å². The molecule has 1 saturated heterocycles. The molecule has 0 unspecified atom stereocenters. The Morgan fingerprint density at radius 1 is 1.22 bits per heavy atom. The van der Waals surface area contributed by atoms with Crippen LogP contribution in [0.25, 0.3) is 11.5 Å². The first-order chi connectivity index (χ1) is 17.2. The van der Waals surface area contributed by atoms with E-state index in [4.69, 9.17) is 4.42 Å². The van der Waals surface area contributed by atoms with Crippen LogP contribution in [-0.4, -0.2) is 65.5 Å². The number of hydrogen-bond acceptors (Lipinski definition) is 8. The Labute approximate surface area is 207 Å². The normalized spacial score (nSPS) is 14.2. The second-order valence-corrected chi connectivity index (χ2v) is 9.25. The standard InChI is InChI=1S/C25H28F2N6O3/c1-25(2,15-34)20-12-18(33-10-8-28-9-11-33)6-7-19(20)24(35)32(3)14-17-5-4-16(13-29-17)22-30-31-23(36-22)21(26)27/h4-7,12-13,15,21,28H,8-11,14H2,1-3H3. The number of pyridine rings is 1. The molecule has 1 fully saturated rings. The zero-order valence-electron chi connectivity index (χ0n) is 20.4. The van der Waals surface area contributed by atoms with E-state index < -0.39 is 17.7 Å². The van der Waals surface area contributed by atoms with Crippen molar-refractivity contribution in [1.29, 1.82) is 0 Å². The van der Waals surface area contributed by atoms with Crippen LogP contribution in [0.5, 0.6) is 0 Å². The molecule has 0 aliphatic carbocycles. The highest BCUT2D eigenvalue weighted by molar-refractivity contribution is 5.97. The number of nitrogens with one attached hydrogen (secondary N) is 1. The van der Waals surface area contributed by atoms with Gasteiger partial charge in [0, 0.05) is 56.1 Å². The van der Waals surface area contributed by atoms with Gasteiger partial charge in [-0.15, -0.1) is 10.2 Å². The van der Waals surface area contributed by atoms with Crippen molar-refractivity contribution in [3.8, 4) is 11.5 Å². The lowest BCUT2D eigenvalue weighted by Gasteiger charge is -2.32. The van der Waals surface area contributed by atoms with E-state index in [2.05, 4.69) is 25.4 Å². The van der Waals surface area contributed by atoms with E-state index in [1.807, 2.05) is 12.1 Å². The molecule has 3 heterocycles. The number of rotatable bonds is 8. The summed E-state index contributed by atoms with van der Waals surface area (Å²) in [5.41, 5.74) is 2.23. The third-order valence-electron chi connectivity index (χ3n) is 6.15. The molecular formula is C25H28F2N6O3. The fraction of sp³-hybridized carbons (Fsp3) is 0.400. The van der Waals surface area contributed by atoms with Crippen LogP contribution in [0.4, 0.5) is 14.5 Å². The maximum absolute atomic E-state index is 13.4. The molecule has 0 saturated carbocycles. The van der Waals surface area contributed by atoms with Crippen LogP contribution in [0.2, 0.25) is 0 Å². The molecular weight excluding hydrogens is 470 g/mol. The van der Waals surface area contributed by atoms with Crippen molar-refractivity contribution in [3.05, 3.63) is 59.2 Å². The number of aromatic nitrogens is 3. The first-order valence-electron chi connectivity index (χ1n) is 11.6. The number of halogens is 2. The number of carbonyl (C=O) groups excluding carboxylic acids is 2. The number of anilines is 1. The van der Waals surface area contributed by atoms with E-state index in [0.717, 1.165) is 38.2 Å². The second kappa shape index (κ2) is 10.5. The third-order valence-corrected chi connectivity index (χ3v) is 6.15. The lowest BCUT2D eigenvalue weighted by Crippen LogP contribution is -2.43. The van der Waals surface area contributed by atoms with Gasteiger partial charge in [-0.1, -0.05) is 0 Å². The van der Waals surface area contributed by atoms with Crippen molar-refractivity contribution in [2.75, 3.05) is 38.1 Å². The topological polar surface area (TPSA) is 104 Å².